The number of sulfonamides is 2. The minimum Gasteiger partial charge on any atom is -0.288 e. The van der Waals surface area contributed by atoms with E-state index in [1.54, 1.807) is 0 Å². The number of halogens is 3. The summed E-state index contributed by atoms with van der Waals surface area (Å²) in [6.45, 7) is 0. The van der Waals surface area contributed by atoms with E-state index in [0.717, 1.165) is 37.4 Å². The van der Waals surface area contributed by atoms with E-state index in [1.165, 1.54) is 19.2 Å². The molecule has 0 unspecified atom stereocenters. The Morgan fingerprint density at radius 1 is 0.963 bits per heavy atom. The number of hydrogen-bond acceptors (Lipinski definition) is 5. The van der Waals surface area contributed by atoms with Gasteiger partial charge in [0, 0.05) is 12.7 Å². The van der Waals surface area contributed by atoms with Gasteiger partial charge < -0.3 is 0 Å². The SMILES string of the molecule is CON(C)S(=O)(=O)c1ccc(NS(=O)(=O)c2cccc(C(F)(F)F)c2)cc1. The molecule has 0 aliphatic heterocycles. The van der Waals surface area contributed by atoms with Crippen LogP contribution >= 0.6 is 0 Å². The second-order valence-electron chi connectivity index (χ2n) is 5.25. The van der Waals surface area contributed by atoms with Crippen molar-refractivity contribution in [2.24, 2.45) is 0 Å². The molecule has 7 nitrogen and oxygen atoms in total. The molecule has 2 aromatic rings. The van der Waals surface area contributed by atoms with Crippen LogP contribution in [0.3, 0.4) is 0 Å². The second-order valence-corrected chi connectivity index (χ2v) is 8.87. The van der Waals surface area contributed by atoms with E-state index < -0.39 is 36.7 Å². The van der Waals surface area contributed by atoms with Crippen LogP contribution in [-0.4, -0.2) is 35.5 Å². The monoisotopic (exact) mass is 424 g/mol. The van der Waals surface area contributed by atoms with Gasteiger partial charge in [-0.15, -0.1) is 0 Å². The van der Waals surface area contributed by atoms with Crippen molar-refractivity contribution in [3.63, 3.8) is 0 Å². The number of nitrogens with one attached hydrogen (secondary N) is 1. The molecule has 27 heavy (non-hydrogen) atoms. The van der Waals surface area contributed by atoms with Crippen LogP contribution in [0.2, 0.25) is 0 Å². The third kappa shape index (κ3) is 4.77. The van der Waals surface area contributed by atoms with Gasteiger partial charge in [-0.25, -0.2) is 16.8 Å². The standard InChI is InChI=1S/C15H15F3N2O5S2/c1-20(25-2)27(23,24)13-8-6-12(7-9-13)19-26(21,22)14-5-3-4-11(10-14)15(16,17)18/h3-10,19H,1-2H3. The van der Waals surface area contributed by atoms with Gasteiger partial charge in [0.2, 0.25) is 0 Å². The van der Waals surface area contributed by atoms with Crippen LogP contribution in [0.15, 0.2) is 58.3 Å². The van der Waals surface area contributed by atoms with Crippen molar-refractivity contribution >= 4 is 25.7 Å². The Morgan fingerprint density at radius 3 is 2.07 bits per heavy atom. The van der Waals surface area contributed by atoms with Gasteiger partial charge in [-0.1, -0.05) is 10.5 Å². The maximum Gasteiger partial charge on any atom is 0.416 e. The predicted octanol–water partition coefficient (Wildman–Crippen LogP) is 2.69. The number of rotatable bonds is 6. The summed E-state index contributed by atoms with van der Waals surface area (Å²) in [7, 11) is -5.87. The molecular formula is C15H15F3N2O5S2. The van der Waals surface area contributed by atoms with Gasteiger partial charge in [-0.2, -0.15) is 13.2 Å². The Morgan fingerprint density at radius 2 is 1.56 bits per heavy atom. The lowest BCUT2D eigenvalue weighted by Crippen LogP contribution is -2.25. The molecule has 0 aliphatic carbocycles. The normalized spacial score (nSPS) is 13.0. The fourth-order valence-corrected chi connectivity index (χ4v) is 4.07. The number of hydrogen-bond donors (Lipinski definition) is 1. The number of benzene rings is 2. The molecule has 0 atom stereocenters. The first-order valence-electron chi connectivity index (χ1n) is 7.21. The van der Waals surface area contributed by atoms with Crippen LogP contribution in [0.4, 0.5) is 18.9 Å². The van der Waals surface area contributed by atoms with Crippen LogP contribution in [0.1, 0.15) is 5.56 Å². The second kappa shape index (κ2) is 7.46. The molecule has 0 bridgehead atoms. The van der Waals surface area contributed by atoms with E-state index in [9.17, 15) is 30.0 Å². The van der Waals surface area contributed by atoms with E-state index >= 15 is 0 Å². The highest BCUT2D eigenvalue weighted by Gasteiger charge is 2.31. The molecule has 12 heteroatoms. The Hall–Kier alpha value is -2.15. The summed E-state index contributed by atoms with van der Waals surface area (Å²) in [6.07, 6.45) is -4.69. The Balaban J connectivity index is 2.29. The molecule has 0 aromatic heterocycles. The zero-order valence-electron chi connectivity index (χ0n) is 14.1. The van der Waals surface area contributed by atoms with Crippen LogP contribution < -0.4 is 4.72 Å². The molecule has 2 aromatic carbocycles. The van der Waals surface area contributed by atoms with E-state index in [0.29, 0.717) is 10.5 Å². The molecule has 0 heterocycles. The van der Waals surface area contributed by atoms with Gasteiger partial charge in [0.1, 0.15) is 0 Å². The predicted molar refractivity (Wildman–Crippen MR) is 90.7 cm³/mol. The average Bonchev–Trinajstić information content (AvgIpc) is 2.60. The Kier molecular flexibility index (Phi) is 5.85. The maximum atomic E-state index is 12.7. The largest absolute Gasteiger partial charge is 0.416 e. The fourth-order valence-electron chi connectivity index (χ4n) is 2.00. The first-order valence-corrected chi connectivity index (χ1v) is 10.1. The third-order valence-electron chi connectivity index (χ3n) is 3.47. The Bertz CT molecular complexity index is 1020. The first-order chi connectivity index (χ1) is 12.4. The van der Waals surface area contributed by atoms with Crippen molar-refractivity contribution in [1.82, 2.24) is 4.47 Å². The summed E-state index contributed by atoms with van der Waals surface area (Å²) in [5, 5.41) is 0. The molecule has 0 fully saturated rings. The number of alkyl halides is 3. The lowest BCUT2D eigenvalue weighted by molar-refractivity contribution is -0.137. The molecule has 0 aliphatic rings. The molecule has 0 saturated carbocycles. The van der Waals surface area contributed by atoms with Gasteiger partial charge in [0.15, 0.2) is 0 Å². The van der Waals surface area contributed by atoms with Gasteiger partial charge in [0.05, 0.1) is 22.5 Å². The van der Waals surface area contributed by atoms with Crippen molar-refractivity contribution < 1.29 is 34.8 Å². The van der Waals surface area contributed by atoms with Crippen molar-refractivity contribution in [1.29, 1.82) is 0 Å². The average molecular weight is 424 g/mol. The van der Waals surface area contributed by atoms with E-state index in [1.807, 2.05) is 0 Å². The molecule has 0 radical (unpaired) electrons. The van der Waals surface area contributed by atoms with Gasteiger partial charge >= 0.3 is 6.18 Å². The third-order valence-corrected chi connectivity index (χ3v) is 6.54. The summed E-state index contributed by atoms with van der Waals surface area (Å²) in [5.41, 5.74) is -1.12. The topological polar surface area (TPSA) is 92.8 Å². The van der Waals surface area contributed by atoms with Crippen LogP contribution in [0.25, 0.3) is 0 Å². The zero-order chi connectivity index (χ0) is 20.5. The minimum atomic E-state index is -4.69. The molecule has 148 valence electrons. The summed E-state index contributed by atoms with van der Waals surface area (Å²) in [5.74, 6) is 0. The quantitative estimate of drug-likeness (QED) is 0.720. The smallest absolute Gasteiger partial charge is 0.288 e. The van der Waals surface area contributed by atoms with E-state index in [2.05, 4.69) is 9.56 Å². The highest BCUT2D eigenvalue weighted by Crippen LogP contribution is 2.31. The molecule has 0 amide bonds. The molecular weight excluding hydrogens is 409 g/mol. The lowest BCUT2D eigenvalue weighted by atomic mass is 10.2. The van der Waals surface area contributed by atoms with Gasteiger partial charge in [0.25, 0.3) is 20.0 Å². The molecule has 2 rings (SSSR count). The van der Waals surface area contributed by atoms with Crippen LogP contribution in [0.5, 0.6) is 0 Å². The fraction of sp³-hybridized carbons (Fsp3) is 0.200. The number of anilines is 1. The van der Waals surface area contributed by atoms with Gasteiger partial charge in [-0.05, 0) is 42.5 Å². The number of hydroxylamine groups is 1. The molecule has 0 saturated heterocycles. The summed E-state index contributed by atoms with van der Waals surface area (Å²) >= 11 is 0. The highest BCUT2D eigenvalue weighted by molar-refractivity contribution is 7.92. The van der Waals surface area contributed by atoms with Crippen LogP contribution in [-0.2, 0) is 31.1 Å². The summed E-state index contributed by atoms with van der Waals surface area (Å²) < 4.78 is 89.7. The van der Waals surface area contributed by atoms with Crippen LogP contribution in [0, 0.1) is 0 Å². The summed E-state index contributed by atoms with van der Waals surface area (Å²) in [6, 6.07) is 7.87. The van der Waals surface area contributed by atoms with Crippen molar-refractivity contribution in [2.75, 3.05) is 18.9 Å². The van der Waals surface area contributed by atoms with Crippen molar-refractivity contribution in [3.8, 4) is 0 Å². The maximum absolute atomic E-state index is 12.7. The summed E-state index contributed by atoms with van der Waals surface area (Å²) in [4.78, 5) is 3.88. The molecule has 1 N–H and O–H groups in total. The first kappa shape index (κ1) is 21.2. The highest BCUT2D eigenvalue weighted by atomic mass is 32.2. The zero-order valence-corrected chi connectivity index (χ0v) is 15.7. The van der Waals surface area contributed by atoms with E-state index in [4.69, 9.17) is 0 Å². The minimum absolute atomic E-state index is 0.0218. The van der Waals surface area contributed by atoms with Crippen molar-refractivity contribution in [2.45, 2.75) is 16.0 Å². The lowest BCUT2D eigenvalue weighted by Gasteiger charge is -2.15. The molecule has 0 spiro atoms. The Labute approximate surface area is 154 Å². The van der Waals surface area contributed by atoms with Gasteiger partial charge in [-0.3, -0.25) is 9.56 Å². The number of nitrogens with zero attached hydrogens (tertiary/aromatic N) is 1. The van der Waals surface area contributed by atoms with Crippen molar-refractivity contribution in [3.05, 3.63) is 54.1 Å². The van der Waals surface area contributed by atoms with E-state index in [-0.39, 0.29) is 10.6 Å².